The van der Waals surface area contributed by atoms with Crippen molar-refractivity contribution in [1.82, 2.24) is 4.90 Å². The Labute approximate surface area is 157 Å². The summed E-state index contributed by atoms with van der Waals surface area (Å²) in [5, 5.41) is 10.5. The molecule has 2 aromatic rings. The molecule has 0 fully saturated rings. The molecular weight excluding hydrogens is 316 g/mol. The Morgan fingerprint density at radius 2 is 1.38 bits per heavy atom. The zero-order chi connectivity index (χ0) is 19.3. The second-order valence-corrected chi connectivity index (χ2v) is 7.72. The van der Waals surface area contributed by atoms with Crippen molar-refractivity contribution in [2.75, 3.05) is 0 Å². The molecule has 0 bridgehead atoms. The van der Waals surface area contributed by atoms with Crippen LogP contribution in [0.4, 0.5) is 0 Å². The number of hydrogen-bond donors (Lipinski definition) is 1. The van der Waals surface area contributed by atoms with Crippen LogP contribution in [0.3, 0.4) is 0 Å². The molecule has 0 radical (unpaired) electrons. The van der Waals surface area contributed by atoms with Crippen molar-refractivity contribution in [2.24, 2.45) is 5.92 Å². The first kappa shape index (κ1) is 18.2. The Morgan fingerprint density at radius 1 is 0.885 bits per heavy atom. The highest BCUT2D eigenvalue weighted by Crippen LogP contribution is 2.45. The molecule has 1 unspecified atom stereocenters. The molecule has 0 aliphatic carbocycles. The standard InChI is InChI=1S/C24H28N2/c1-13(2)16(6)26-17(7)21-11-9-19(14(3)4)23-20(15(5)25)10-12-22(18(26)8)24(21)23/h9-13,16,25H,3,7-8H2,1-2,4-6H3. The molecule has 1 aliphatic rings. The van der Waals surface area contributed by atoms with E-state index in [-0.39, 0.29) is 0 Å². The summed E-state index contributed by atoms with van der Waals surface area (Å²) in [6, 6.07) is 8.73. The van der Waals surface area contributed by atoms with Gasteiger partial charge in [-0.25, -0.2) is 0 Å². The third-order valence-electron chi connectivity index (χ3n) is 5.60. The topological polar surface area (TPSA) is 27.1 Å². The third kappa shape index (κ3) is 2.52. The van der Waals surface area contributed by atoms with E-state index in [0.717, 1.165) is 50.0 Å². The largest absolute Gasteiger partial charge is 0.338 e. The predicted octanol–water partition coefficient (Wildman–Crippen LogP) is 6.56. The van der Waals surface area contributed by atoms with Gasteiger partial charge in [0.05, 0.1) is 0 Å². The minimum atomic E-state index is 0.308. The lowest BCUT2D eigenvalue weighted by molar-refractivity contribution is 0.335. The quantitative estimate of drug-likeness (QED) is 0.625. The highest BCUT2D eigenvalue weighted by molar-refractivity contribution is 6.17. The second kappa shape index (κ2) is 6.28. The van der Waals surface area contributed by atoms with Gasteiger partial charge >= 0.3 is 0 Å². The highest BCUT2D eigenvalue weighted by Gasteiger charge is 2.30. The van der Waals surface area contributed by atoms with E-state index in [1.54, 1.807) is 0 Å². The van der Waals surface area contributed by atoms with Gasteiger partial charge in [-0.2, -0.15) is 0 Å². The van der Waals surface area contributed by atoms with Crippen molar-refractivity contribution in [3.8, 4) is 0 Å². The van der Waals surface area contributed by atoms with Gasteiger partial charge < -0.3 is 10.3 Å². The highest BCUT2D eigenvalue weighted by atomic mass is 15.2. The van der Waals surface area contributed by atoms with E-state index in [1.165, 1.54) is 0 Å². The van der Waals surface area contributed by atoms with Gasteiger partial charge in [-0.15, -0.1) is 0 Å². The number of nitrogens with zero attached hydrogens (tertiary/aromatic N) is 1. The van der Waals surface area contributed by atoms with E-state index in [9.17, 15) is 0 Å². The van der Waals surface area contributed by atoms with E-state index >= 15 is 0 Å². The molecule has 1 atom stereocenters. The predicted molar refractivity (Wildman–Crippen MR) is 115 cm³/mol. The second-order valence-electron chi connectivity index (χ2n) is 7.72. The first-order chi connectivity index (χ1) is 12.2. The minimum Gasteiger partial charge on any atom is -0.338 e. The lowest BCUT2D eigenvalue weighted by Gasteiger charge is -2.41. The van der Waals surface area contributed by atoms with Gasteiger partial charge in [0.15, 0.2) is 0 Å². The maximum Gasteiger partial charge on any atom is 0.0420 e. The van der Waals surface area contributed by atoms with Crippen LogP contribution in [0, 0.1) is 11.3 Å². The molecule has 26 heavy (non-hydrogen) atoms. The van der Waals surface area contributed by atoms with Crippen LogP contribution in [-0.2, 0) is 0 Å². The van der Waals surface area contributed by atoms with Crippen molar-refractivity contribution >= 4 is 33.5 Å². The Bertz CT molecular complexity index is 907. The molecule has 134 valence electrons. The maximum atomic E-state index is 8.25. The van der Waals surface area contributed by atoms with Gasteiger partial charge in [0.1, 0.15) is 0 Å². The zero-order valence-corrected chi connectivity index (χ0v) is 16.5. The van der Waals surface area contributed by atoms with Crippen molar-refractivity contribution in [2.45, 2.75) is 40.7 Å². The molecule has 3 rings (SSSR count). The van der Waals surface area contributed by atoms with Crippen molar-refractivity contribution in [3.63, 3.8) is 0 Å². The number of allylic oxidation sites excluding steroid dienone is 1. The first-order valence-electron chi connectivity index (χ1n) is 9.15. The van der Waals surface area contributed by atoms with E-state index in [0.29, 0.717) is 17.7 Å². The number of nitrogens with one attached hydrogen (secondary N) is 1. The fourth-order valence-electron chi connectivity index (χ4n) is 3.86. The van der Waals surface area contributed by atoms with Gasteiger partial charge in [-0.05, 0) is 37.6 Å². The van der Waals surface area contributed by atoms with Crippen LogP contribution in [0.1, 0.15) is 56.9 Å². The summed E-state index contributed by atoms with van der Waals surface area (Å²) in [5.41, 5.74) is 7.85. The van der Waals surface area contributed by atoms with Gasteiger partial charge in [0.2, 0.25) is 0 Å². The van der Waals surface area contributed by atoms with Gasteiger partial charge in [0.25, 0.3) is 0 Å². The average Bonchev–Trinajstić information content (AvgIpc) is 2.58. The van der Waals surface area contributed by atoms with Crippen molar-refractivity contribution < 1.29 is 0 Å². The normalized spacial score (nSPS) is 14.9. The summed E-state index contributed by atoms with van der Waals surface area (Å²) in [6.45, 7) is 23.5. The molecule has 2 nitrogen and oxygen atoms in total. The Kier molecular flexibility index (Phi) is 4.39. The fraction of sp³-hybridized carbons (Fsp3) is 0.292. The zero-order valence-electron chi connectivity index (χ0n) is 16.5. The van der Waals surface area contributed by atoms with Gasteiger partial charge in [-0.3, -0.25) is 0 Å². The summed E-state index contributed by atoms with van der Waals surface area (Å²) in [5.74, 6) is 0.485. The molecule has 0 aromatic heterocycles. The Morgan fingerprint density at radius 3 is 1.81 bits per heavy atom. The van der Waals surface area contributed by atoms with E-state index in [1.807, 2.05) is 19.9 Å². The van der Waals surface area contributed by atoms with Crippen LogP contribution in [-0.4, -0.2) is 16.7 Å². The molecule has 0 spiro atoms. The summed E-state index contributed by atoms with van der Waals surface area (Å²) < 4.78 is 0. The number of rotatable bonds is 4. The average molecular weight is 345 g/mol. The van der Waals surface area contributed by atoms with Crippen LogP contribution in [0.5, 0.6) is 0 Å². The van der Waals surface area contributed by atoms with E-state index in [4.69, 9.17) is 5.41 Å². The van der Waals surface area contributed by atoms with Crippen LogP contribution in [0.2, 0.25) is 0 Å². The lowest BCUT2D eigenvalue weighted by Crippen LogP contribution is -2.35. The smallest absolute Gasteiger partial charge is 0.0420 e. The number of hydrogen-bond acceptors (Lipinski definition) is 2. The van der Waals surface area contributed by atoms with Crippen molar-refractivity contribution in [3.05, 3.63) is 66.3 Å². The molecule has 1 heterocycles. The Balaban J connectivity index is 2.42. The molecule has 1 aliphatic heterocycles. The maximum absolute atomic E-state index is 8.25. The molecule has 2 heteroatoms. The SMILES string of the molecule is C=C(C)c1ccc2c3c(ccc(C(C)=N)c13)C(=C)N(C(C)C(C)C)C2=C. The van der Waals surface area contributed by atoms with Crippen molar-refractivity contribution in [1.29, 1.82) is 5.41 Å². The lowest BCUT2D eigenvalue weighted by atomic mass is 9.83. The minimum absolute atomic E-state index is 0.308. The van der Waals surface area contributed by atoms with E-state index < -0.39 is 0 Å². The third-order valence-corrected chi connectivity index (χ3v) is 5.60. The number of benzene rings is 2. The van der Waals surface area contributed by atoms with Gasteiger partial charge in [0, 0.05) is 45.2 Å². The summed E-state index contributed by atoms with van der Waals surface area (Å²) in [4.78, 5) is 2.26. The summed E-state index contributed by atoms with van der Waals surface area (Å²) >= 11 is 0. The molecular formula is C24H28N2. The van der Waals surface area contributed by atoms with Crippen LogP contribution in [0.15, 0.2) is 44.0 Å². The molecule has 0 amide bonds. The first-order valence-corrected chi connectivity index (χ1v) is 9.15. The Hall–Kier alpha value is -2.61. The monoisotopic (exact) mass is 344 g/mol. The summed E-state index contributed by atoms with van der Waals surface area (Å²) in [6.07, 6.45) is 0. The fourth-order valence-corrected chi connectivity index (χ4v) is 3.86. The van der Waals surface area contributed by atoms with Crippen LogP contribution >= 0.6 is 0 Å². The molecule has 0 saturated heterocycles. The molecule has 2 aromatic carbocycles. The van der Waals surface area contributed by atoms with Gasteiger partial charge in [-0.1, -0.05) is 63.4 Å². The summed E-state index contributed by atoms with van der Waals surface area (Å²) in [7, 11) is 0. The van der Waals surface area contributed by atoms with E-state index in [2.05, 4.69) is 63.6 Å². The molecule has 0 saturated carbocycles. The molecule has 1 N–H and O–H groups in total. The van der Waals surface area contributed by atoms with Crippen LogP contribution < -0.4 is 0 Å². The van der Waals surface area contributed by atoms with Crippen LogP contribution in [0.25, 0.3) is 27.7 Å².